The van der Waals surface area contributed by atoms with Gasteiger partial charge in [0.15, 0.2) is 11.6 Å². The minimum absolute atomic E-state index is 0.313. The Morgan fingerprint density at radius 1 is 1.07 bits per heavy atom. The van der Waals surface area contributed by atoms with Gasteiger partial charge in [0.1, 0.15) is 9.71 Å². The molecular formula is C19H19F2N5OS. The van der Waals surface area contributed by atoms with E-state index in [9.17, 15) is 13.6 Å². The molecule has 9 heteroatoms. The summed E-state index contributed by atoms with van der Waals surface area (Å²) in [6.07, 6.45) is 2.52. The molecule has 1 fully saturated rings. The van der Waals surface area contributed by atoms with Crippen LogP contribution in [0.4, 0.5) is 25.8 Å². The molecule has 1 aliphatic rings. The molecule has 0 atom stereocenters. The molecule has 3 aromatic rings. The van der Waals surface area contributed by atoms with Crippen molar-refractivity contribution in [2.24, 2.45) is 5.73 Å². The summed E-state index contributed by atoms with van der Waals surface area (Å²) >= 11 is 1.19. The number of anilines is 3. The van der Waals surface area contributed by atoms with Crippen LogP contribution in [0.15, 0.2) is 30.5 Å². The number of carbonyl (C=O) groups is 1. The number of carbonyl (C=O) groups excluding carboxylic acids is 1. The van der Waals surface area contributed by atoms with Crippen molar-refractivity contribution in [1.82, 2.24) is 4.98 Å². The predicted octanol–water partition coefficient (Wildman–Crippen LogP) is 2.97. The molecule has 146 valence electrons. The zero-order valence-corrected chi connectivity index (χ0v) is 15.8. The van der Waals surface area contributed by atoms with E-state index in [1.165, 1.54) is 17.4 Å². The number of aromatic nitrogens is 1. The molecule has 0 bridgehead atoms. The Kier molecular flexibility index (Phi) is 4.76. The van der Waals surface area contributed by atoms with Gasteiger partial charge in [0.2, 0.25) is 0 Å². The van der Waals surface area contributed by atoms with Gasteiger partial charge in [0.05, 0.1) is 16.8 Å². The fraction of sp³-hybridized carbons (Fsp3) is 0.263. The molecule has 4 rings (SSSR count). The Hall–Kier alpha value is -2.94. The molecule has 1 aromatic carbocycles. The Bertz CT molecular complexity index is 1050. The van der Waals surface area contributed by atoms with E-state index in [1.54, 1.807) is 12.3 Å². The average Bonchev–Trinajstić information content (AvgIpc) is 2.86. The fourth-order valence-corrected chi connectivity index (χ4v) is 4.51. The van der Waals surface area contributed by atoms with Crippen LogP contribution in [0, 0.1) is 11.6 Å². The smallest absolute Gasteiger partial charge is 0.260 e. The van der Waals surface area contributed by atoms with Crippen LogP contribution in [0.1, 0.15) is 16.1 Å². The zero-order chi connectivity index (χ0) is 19.8. The van der Waals surface area contributed by atoms with Crippen LogP contribution in [-0.4, -0.2) is 37.1 Å². The molecule has 0 spiro atoms. The number of hydrogen-bond donors (Lipinski definition) is 2. The van der Waals surface area contributed by atoms with Crippen molar-refractivity contribution >= 4 is 44.5 Å². The molecule has 1 saturated heterocycles. The van der Waals surface area contributed by atoms with E-state index < -0.39 is 17.5 Å². The summed E-state index contributed by atoms with van der Waals surface area (Å²) in [5.41, 5.74) is 13.5. The van der Waals surface area contributed by atoms with Gasteiger partial charge in [-0.1, -0.05) is 0 Å². The second-order valence-corrected chi connectivity index (χ2v) is 7.64. The molecule has 28 heavy (non-hydrogen) atoms. The van der Waals surface area contributed by atoms with Gasteiger partial charge in [-0.3, -0.25) is 4.79 Å². The van der Waals surface area contributed by atoms with Crippen LogP contribution in [0.5, 0.6) is 0 Å². The Labute approximate surface area is 164 Å². The lowest BCUT2D eigenvalue weighted by Gasteiger charge is -2.25. The quantitative estimate of drug-likeness (QED) is 0.702. The molecule has 3 heterocycles. The number of thiophene rings is 1. The molecule has 4 N–H and O–H groups in total. The summed E-state index contributed by atoms with van der Waals surface area (Å²) in [5.74, 6) is -2.26. The van der Waals surface area contributed by atoms with E-state index in [4.69, 9.17) is 11.5 Å². The summed E-state index contributed by atoms with van der Waals surface area (Å²) < 4.78 is 26.8. The van der Waals surface area contributed by atoms with Crippen molar-refractivity contribution in [2.45, 2.75) is 6.42 Å². The highest BCUT2D eigenvalue weighted by Gasteiger charge is 2.22. The summed E-state index contributed by atoms with van der Waals surface area (Å²) in [7, 11) is 0. The van der Waals surface area contributed by atoms with E-state index in [-0.39, 0.29) is 0 Å². The first-order chi connectivity index (χ1) is 13.5. The average molecular weight is 403 g/mol. The largest absolute Gasteiger partial charge is 0.397 e. The van der Waals surface area contributed by atoms with Gasteiger partial charge >= 0.3 is 0 Å². The lowest BCUT2D eigenvalue weighted by Crippen LogP contribution is -2.30. The standard InChI is InChI=1S/C19H19F2N5OS/c20-12-3-2-11(10-13(12)21)25-6-1-7-26(9-8-25)14-4-5-24-19-15(14)16(22)17(28-19)18(23)27/h2-5,10H,1,6-9,22H2,(H2,23,27). The fourth-order valence-electron chi connectivity index (χ4n) is 3.57. The highest BCUT2D eigenvalue weighted by Crippen LogP contribution is 2.38. The van der Waals surface area contributed by atoms with Crippen LogP contribution < -0.4 is 21.3 Å². The highest BCUT2D eigenvalue weighted by molar-refractivity contribution is 7.21. The van der Waals surface area contributed by atoms with Gasteiger partial charge in [-0.15, -0.1) is 11.3 Å². The van der Waals surface area contributed by atoms with Gasteiger partial charge < -0.3 is 21.3 Å². The maximum absolute atomic E-state index is 13.6. The number of nitrogens with zero attached hydrogens (tertiary/aromatic N) is 3. The minimum atomic E-state index is -0.849. The van der Waals surface area contributed by atoms with Gasteiger partial charge in [0, 0.05) is 44.1 Å². The molecule has 0 saturated carbocycles. The van der Waals surface area contributed by atoms with Gasteiger partial charge in [-0.05, 0) is 24.6 Å². The molecule has 2 aromatic heterocycles. The lowest BCUT2D eigenvalue weighted by molar-refractivity contribution is 0.100. The minimum Gasteiger partial charge on any atom is -0.397 e. The number of nitrogens with two attached hydrogens (primary N) is 2. The van der Waals surface area contributed by atoms with Crippen LogP contribution >= 0.6 is 11.3 Å². The van der Waals surface area contributed by atoms with Crippen LogP contribution in [-0.2, 0) is 0 Å². The van der Waals surface area contributed by atoms with Crippen LogP contribution in [0.25, 0.3) is 10.2 Å². The molecule has 1 amide bonds. The number of nitrogen functional groups attached to an aromatic ring is 1. The number of rotatable bonds is 3. The SMILES string of the molecule is NC(=O)c1sc2nccc(N3CCCN(c4ccc(F)c(F)c4)CC3)c2c1N. The number of pyridine rings is 1. The van der Waals surface area contributed by atoms with E-state index >= 15 is 0 Å². The number of halogens is 2. The Morgan fingerprint density at radius 2 is 1.82 bits per heavy atom. The molecule has 0 unspecified atom stereocenters. The van der Waals surface area contributed by atoms with Crippen LogP contribution in [0.2, 0.25) is 0 Å². The first-order valence-electron chi connectivity index (χ1n) is 8.87. The Morgan fingerprint density at radius 3 is 2.57 bits per heavy atom. The van der Waals surface area contributed by atoms with E-state index in [2.05, 4.69) is 9.88 Å². The number of hydrogen-bond acceptors (Lipinski definition) is 6. The van der Waals surface area contributed by atoms with Crippen molar-refractivity contribution in [3.8, 4) is 0 Å². The second-order valence-electron chi connectivity index (χ2n) is 6.65. The molecule has 0 aliphatic carbocycles. The monoisotopic (exact) mass is 403 g/mol. The first kappa shape index (κ1) is 18.4. The van der Waals surface area contributed by atoms with Crippen molar-refractivity contribution in [1.29, 1.82) is 0 Å². The van der Waals surface area contributed by atoms with Crippen molar-refractivity contribution < 1.29 is 13.6 Å². The maximum Gasteiger partial charge on any atom is 0.260 e. The third-order valence-corrected chi connectivity index (χ3v) is 6.06. The number of benzene rings is 1. The molecule has 6 nitrogen and oxygen atoms in total. The van der Waals surface area contributed by atoms with Crippen molar-refractivity contribution in [3.05, 3.63) is 47.0 Å². The van der Waals surface area contributed by atoms with E-state index in [1.807, 2.05) is 11.0 Å². The van der Waals surface area contributed by atoms with Crippen molar-refractivity contribution in [3.63, 3.8) is 0 Å². The second kappa shape index (κ2) is 7.23. The third-order valence-electron chi connectivity index (χ3n) is 4.94. The topological polar surface area (TPSA) is 88.5 Å². The van der Waals surface area contributed by atoms with Gasteiger partial charge in [-0.25, -0.2) is 13.8 Å². The number of fused-ring (bicyclic) bond motifs is 1. The molecule has 0 radical (unpaired) electrons. The normalized spacial score (nSPS) is 15.1. The molecular weight excluding hydrogens is 384 g/mol. The first-order valence-corrected chi connectivity index (χ1v) is 9.69. The maximum atomic E-state index is 13.6. The number of primary amides is 1. The molecule has 1 aliphatic heterocycles. The summed E-state index contributed by atoms with van der Waals surface area (Å²) in [4.78, 5) is 21.2. The zero-order valence-electron chi connectivity index (χ0n) is 15.0. The summed E-state index contributed by atoms with van der Waals surface area (Å²) in [5, 5.41) is 0.738. The summed E-state index contributed by atoms with van der Waals surface area (Å²) in [6, 6.07) is 5.85. The summed E-state index contributed by atoms with van der Waals surface area (Å²) in [6.45, 7) is 2.79. The lowest BCUT2D eigenvalue weighted by atomic mass is 10.2. The third kappa shape index (κ3) is 3.22. The van der Waals surface area contributed by atoms with Gasteiger partial charge in [0.25, 0.3) is 5.91 Å². The predicted molar refractivity (Wildman–Crippen MR) is 108 cm³/mol. The van der Waals surface area contributed by atoms with Crippen LogP contribution in [0.3, 0.4) is 0 Å². The Balaban J connectivity index is 1.63. The van der Waals surface area contributed by atoms with Gasteiger partial charge in [-0.2, -0.15) is 0 Å². The van der Waals surface area contributed by atoms with Crippen molar-refractivity contribution in [2.75, 3.05) is 41.7 Å². The van der Waals surface area contributed by atoms with E-state index in [0.717, 1.165) is 36.7 Å². The number of amides is 1. The highest BCUT2D eigenvalue weighted by atomic mass is 32.1. The van der Waals surface area contributed by atoms with E-state index in [0.29, 0.717) is 34.2 Å².